The molecular formula is C31H34F3NO5. The van der Waals surface area contributed by atoms with Gasteiger partial charge in [0.2, 0.25) is 0 Å². The van der Waals surface area contributed by atoms with Gasteiger partial charge >= 0.3 is 12.3 Å². The minimum absolute atomic E-state index is 0.210. The molecule has 0 bridgehead atoms. The van der Waals surface area contributed by atoms with E-state index in [1.807, 2.05) is 38.1 Å². The largest absolute Gasteiger partial charge is 0.573 e. The summed E-state index contributed by atoms with van der Waals surface area (Å²) in [7, 11) is 0. The molecule has 0 aliphatic carbocycles. The third-order valence-corrected chi connectivity index (χ3v) is 8.24. The molecule has 6 nitrogen and oxygen atoms in total. The topological polar surface area (TPSA) is 72.1 Å². The summed E-state index contributed by atoms with van der Waals surface area (Å²) in [5, 5.41) is 9.28. The number of nitrogens with zero attached hydrogens (tertiary/aromatic N) is 1. The lowest BCUT2D eigenvalue weighted by atomic mass is 9.82. The van der Waals surface area contributed by atoms with Crippen LogP contribution in [0, 0.1) is 12.8 Å². The van der Waals surface area contributed by atoms with E-state index in [0.717, 1.165) is 48.3 Å². The maximum atomic E-state index is 13.3. The van der Waals surface area contributed by atoms with Crippen LogP contribution in [0.15, 0.2) is 52.9 Å². The molecule has 1 spiro atoms. The summed E-state index contributed by atoms with van der Waals surface area (Å²) in [4.78, 5) is 13.5. The average Bonchev–Trinajstić information content (AvgIpc) is 3.34. The van der Waals surface area contributed by atoms with Gasteiger partial charge in [-0.05, 0) is 93.5 Å². The normalized spacial score (nSPS) is 18.6. The van der Waals surface area contributed by atoms with E-state index in [1.165, 1.54) is 6.07 Å². The number of likely N-dealkylation sites (tertiary alicyclic amines) is 1. The highest BCUT2D eigenvalue weighted by atomic mass is 19.4. The van der Waals surface area contributed by atoms with Crippen molar-refractivity contribution < 1.29 is 37.0 Å². The van der Waals surface area contributed by atoms with E-state index in [-0.39, 0.29) is 17.4 Å². The van der Waals surface area contributed by atoms with Crippen molar-refractivity contribution in [2.45, 2.75) is 70.9 Å². The number of hydrogen-bond donors (Lipinski definition) is 1. The molecule has 9 heteroatoms. The van der Waals surface area contributed by atoms with Gasteiger partial charge in [0.15, 0.2) is 0 Å². The van der Waals surface area contributed by atoms with Crippen LogP contribution in [0.4, 0.5) is 13.2 Å². The van der Waals surface area contributed by atoms with Crippen molar-refractivity contribution in [3.05, 3.63) is 71.0 Å². The van der Waals surface area contributed by atoms with Gasteiger partial charge in [-0.3, -0.25) is 9.69 Å². The van der Waals surface area contributed by atoms with E-state index in [4.69, 9.17) is 9.15 Å². The Kier molecular flexibility index (Phi) is 7.61. The molecule has 0 amide bonds. The van der Waals surface area contributed by atoms with Crippen molar-refractivity contribution in [3.8, 4) is 22.8 Å². The Labute approximate surface area is 231 Å². The number of piperidine rings is 1. The summed E-state index contributed by atoms with van der Waals surface area (Å²) in [6.07, 6.45) is -1.16. The van der Waals surface area contributed by atoms with Gasteiger partial charge < -0.3 is 19.0 Å². The molecule has 2 aromatic carbocycles. The van der Waals surface area contributed by atoms with Crippen LogP contribution in [-0.4, -0.2) is 41.0 Å². The molecule has 5 rings (SSSR count). The number of rotatable bonds is 7. The number of aryl methyl sites for hydroxylation is 2. The molecule has 1 fully saturated rings. The highest BCUT2D eigenvalue weighted by Gasteiger charge is 2.41. The van der Waals surface area contributed by atoms with Gasteiger partial charge in [-0.2, -0.15) is 0 Å². The van der Waals surface area contributed by atoms with Gasteiger partial charge in [-0.25, -0.2) is 0 Å². The number of benzene rings is 2. The van der Waals surface area contributed by atoms with Crippen LogP contribution in [0.5, 0.6) is 11.5 Å². The van der Waals surface area contributed by atoms with Crippen LogP contribution in [0.25, 0.3) is 11.3 Å². The molecule has 40 heavy (non-hydrogen) atoms. The van der Waals surface area contributed by atoms with Crippen molar-refractivity contribution in [1.82, 2.24) is 4.90 Å². The van der Waals surface area contributed by atoms with Crippen LogP contribution >= 0.6 is 0 Å². The number of ether oxygens (including phenoxy) is 2. The number of aliphatic carboxylic acids is 1. The van der Waals surface area contributed by atoms with E-state index < -0.39 is 18.2 Å². The zero-order valence-corrected chi connectivity index (χ0v) is 22.9. The minimum Gasteiger partial charge on any atom is -0.487 e. The molecule has 1 aromatic heterocycles. The molecule has 3 heterocycles. The molecule has 0 saturated carbocycles. The summed E-state index contributed by atoms with van der Waals surface area (Å²) < 4.78 is 56.5. The number of fused-ring (bicyclic) bond motifs is 1. The molecular weight excluding hydrogens is 523 g/mol. The monoisotopic (exact) mass is 557 g/mol. The second kappa shape index (κ2) is 10.8. The number of carboxylic acids is 1. The molecule has 1 saturated heterocycles. The Morgan fingerprint density at radius 1 is 1.07 bits per heavy atom. The Hall–Kier alpha value is -3.46. The summed E-state index contributed by atoms with van der Waals surface area (Å²) in [6, 6.07) is 13.9. The van der Waals surface area contributed by atoms with Crippen LogP contribution in [0.1, 0.15) is 61.6 Å². The fourth-order valence-corrected chi connectivity index (χ4v) is 5.82. The first-order valence-corrected chi connectivity index (χ1v) is 13.7. The first kappa shape index (κ1) is 28.1. The molecule has 2 atom stereocenters. The Morgan fingerprint density at radius 3 is 2.48 bits per heavy atom. The van der Waals surface area contributed by atoms with Crippen molar-refractivity contribution >= 4 is 5.97 Å². The first-order chi connectivity index (χ1) is 18.9. The summed E-state index contributed by atoms with van der Waals surface area (Å²) >= 11 is 0. The zero-order valence-electron chi connectivity index (χ0n) is 22.9. The maximum Gasteiger partial charge on any atom is 0.573 e. The lowest BCUT2D eigenvalue weighted by Gasteiger charge is -2.46. The fourth-order valence-electron chi connectivity index (χ4n) is 5.82. The van der Waals surface area contributed by atoms with E-state index in [2.05, 4.69) is 9.64 Å². The third-order valence-electron chi connectivity index (χ3n) is 8.24. The summed E-state index contributed by atoms with van der Waals surface area (Å²) in [6.45, 7) is 6.72. The molecule has 2 unspecified atom stereocenters. The predicted octanol–water partition coefficient (Wildman–Crippen LogP) is 7.34. The van der Waals surface area contributed by atoms with E-state index in [0.29, 0.717) is 36.4 Å². The van der Waals surface area contributed by atoms with Crippen LogP contribution in [0.3, 0.4) is 0 Å². The van der Waals surface area contributed by atoms with Crippen LogP contribution in [-0.2, 0) is 17.6 Å². The zero-order chi connectivity index (χ0) is 28.7. The first-order valence-electron chi connectivity index (χ1n) is 13.7. The smallest absolute Gasteiger partial charge is 0.487 e. The molecule has 214 valence electrons. The van der Waals surface area contributed by atoms with E-state index >= 15 is 0 Å². The van der Waals surface area contributed by atoms with Gasteiger partial charge in [0, 0.05) is 30.3 Å². The second-order valence-electron chi connectivity index (χ2n) is 11.1. The van der Waals surface area contributed by atoms with Crippen LogP contribution < -0.4 is 9.47 Å². The number of hydrogen-bond acceptors (Lipinski definition) is 5. The average molecular weight is 558 g/mol. The van der Waals surface area contributed by atoms with Gasteiger partial charge in [-0.1, -0.05) is 19.1 Å². The Morgan fingerprint density at radius 2 is 1.82 bits per heavy atom. The van der Waals surface area contributed by atoms with Gasteiger partial charge in [0.05, 0.1) is 5.92 Å². The predicted molar refractivity (Wildman–Crippen MR) is 143 cm³/mol. The van der Waals surface area contributed by atoms with E-state index in [1.54, 1.807) is 25.1 Å². The van der Waals surface area contributed by atoms with Crippen molar-refractivity contribution in [1.29, 1.82) is 0 Å². The lowest BCUT2D eigenvalue weighted by Crippen LogP contribution is -2.50. The maximum absolute atomic E-state index is 13.3. The van der Waals surface area contributed by atoms with Gasteiger partial charge in [0.1, 0.15) is 28.6 Å². The van der Waals surface area contributed by atoms with Crippen molar-refractivity contribution in [2.24, 2.45) is 5.92 Å². The van der Waals surface area contributed by atoms with Gasteiger partial charge in [0.25, 0.3) is 0 Å². The molecule has 3 aromatic rings. The second-order valence-corrected chi connectivity index (χ2v) is 11.1. The number of carbonyl (C=O) groups is 1. The SMILES string of the molecule is Cc1ccc(-c2ccc(OC(F)(F)F)c(C(C)N3CCC4(CCc5ccc(CC(C)C(=O)O)cc5O4)CC3)c2)o1. The number of halogens is 3. The van der Waals surface area contributed by atoms with Gasteiger partial charge in [-0.15, -0.1) is 13.2 Å². The number of alkyl halides is 3. The lowest BCUT2D eigenvalue weighted by molar-refractivity contribution is -0.275. The fraction of sp³-hybridized carbons (Fsp3) is 0.452. The molecule has 1 N–H and O–H groups in total. The summed E-state index contributed by atoms with van der Waals surface area (Å²) in [5.74, 6) is 0.600. The minimum atomic E-state index is -4.80. The van der Waals surface area contributed by atoms with Crippen molar-refractivity contribution in [3.63, 3.8) is 0 Å². The highest BCUT2D eigenvalue weighted by Crippen LogP contribution is 2.43. The Balaban J connectivity index is 1.32. The van der Waals surface area contributed by atoms with Crippen LogP contribution in [0.2, 0.25) is 0 Å². The molecule has 0 radical (unpaired) electrons. The van der Waals surface area contributed by atoms with E-state index in [9.17, 15) is 23.1 Å². The molecule has 2 aliphatic heterocycles. The quantitative estimate of drug-likeness (QED) is 0.328. The third kappa shape index (κ3) is 6.14. The highest BCUT2D eigenvalue weighted by molar-refractivity contribution is 5.70. The Bertz CT molecular complexity index is 1370. The summed E-state index contributed by atoms with van der Waals surface area (Å²) in [5.41, 5.74) is 2.84. The van der Waals surface area contributed by atoms with Crippen molar-refractivity contribution in [2.75, 3.05) is 13.1 Å². The number of furan rings is 1. The number of carboxylic acid groups (broad SMARTS) is 1. The standard InChI is InChI=1S/C31H34F3NO5/c1-19(29(36)37)16-22-5-6-23-10-11-30(39-28(23)17-22)12-14-35(15-13-30)21(3)25-18-24(26-8-4-20(2)38-26)7-9-27(25)40-31(32,33)34/h4-9,17-19,21H,10-16H2,1-3H3,(H,36,37). The molecule has 2 aliphatic rings.